The zero-order valence-corrected chi connectivity index (χ0v) is 14.3. The highest BCUT2D eigenvalue weighted by atomic mass is 79.9. The van der Waals surface area contributed by atoms with Crippen LogP contribution in [0.1, 0.15) is 15.2 Å². The van der Waals surface area contributed by atoms with Gasteiger partial charge in [0.1, 0.15) is 5.75 Å². The minimum atomic E-state index is -0.583. The van der Waals surface area contributed by atoms with Crippen LogP contribution in [0.4, 0.5) is 0 Å². The summed E-state index contributed by atoms with van der Waals surface area (Å²) < 4.78 is 6.45. The number of benzene rings is 1. The molecule has 1 aromatic heterocycles. The van der Waals surface area contributed by atoms with E-state index in [2.05, 4.69) is 15.9 Å². The monoisotopic (exact) mass is 382 g/mol. The average molecular weight is 383 g/mol. The van der Waals surface area contributed by atoms with Gasteiger partial charge in [-0.3, -0.25) is 9.59 Å². The minimum Gasteiger partial charge on any atom is -0.483 e. The number of carbonyl (C=O) groups excluding carboxylic acids is 2. The molecule has 1 heterocycles. The lowest BCUT2D eigenvalue weighted by Crippen LogP contribution is -2.31. The number of para-hydroxylation sites is 1. The van der Waals surface area contributed by atoms with Crippen molar-refractivity contribution >= 4 is 39.1 Å². The predicted octanol–water partition coefficient (Wildman–Crippen LogP) is 2.65. The van der Waals surface area contributed by atoms with Crippen molar-refractivity contribution in [3.63, 3.8) is 0 Å². The Labute approximate surface area is 140 Å². The summed E-state index contributed by atoms with van der Waals surface area (Å²) in [5.41, 5.74) is 5.53. The van der Waals surface area contributed by atoms with E-state index in [1.54, 1.807) is 47.5 Å². The van der Waals surface area contributed by atoms with Crippen molar-refractivity contribution in [3.05, 3.63) is 50.6 Å². The van der Waals surface area contributed by atoms with E-state index >= 15 is 0 Å². The van der Waals surface area contributed by atoms with Crippen molar-refractivity contribution in [2.45, 2.75) is 6.54 Å². The molecule has 2 rings (SSSR count). The van der Waals surface area contributed by atoms with E-state index < -0.39 is 5.91 Å². The van der Waals surface area contributed by atoms with Crippen LogP contribution in [0.15, 0.2) is 40.2 Å². The lowest BCUT2D eigenvalue weighted by atomic mass is 10.2. The third-order valence-corrected chi connectivity index (χ3v) is 4.56. The highest BCUT2D eigenvalue weighted by molar-refractivity contribution is 9.11. The zero-order valence-electron chi connectivity index (χ0n) is 11.9. The Balaban J connectivity index is 1.93. The maximum atomic E-state index is 12.1. The smallest absolute Gasteiger partial charge is 0.260 e. The van der Waals surface area contributed by atoms with E-state index in [-0.39, 0.29) is 18.1 Å². The number of rotatable bonds is 6. The molecule has 22 heavy (non-hydrogen) atoms. The van der Waals surface area contributed by atoms with Crippen LogP contribution in [0.2, 0.25) is 0 Å². The maximum Gasteiger partial charge on any atom is 0.260 e. The molecule has 0 aliphatic carbocycles. The second kappa shape index (κ2) is 7.42. The summed E-state index contributed by atoms with van der Waals surface area (Å²) in [5, 5.41) is 0. The summed E-state index contributed by atoms with van der Waals surface area (Å²) in [5.74, 6) is -0.445. The highest BCUT2D eigenvalue weighted by Gasteiger charge is 2.14. The summed E-state index contributed by atoms with van der Waals surface area (Å²) in [6, 6.07) is 10.5. The van der Waals surface area contributed by atoms with E-state index in [1.807, 2.05) is 12.1 Å². The molecule has 2 aromatic rings. The first-order valence-electron chi connectivity index (χ1n) is 6.47. The quantitative estimate of drug-likeness (QED) is 0.834. The number of likely N-dealkylation sites (N-methyl/N-ethyl adjacent to an activating group) is 1. The van der Waals surface area contributed by atoms with Crippen molar-refractivity contribution in [1.82, 2.24) is 4.90 Å². The van der Waals surface area contributed by atoms with Gasteiger partial charge in [-0.15, -0.1) is 11.3 Å². The molecule has 0 radical (unpaired) electrons. The van der Waals surface area contributed by atoms with Gasteiger partial charge in [0.2, 0.25) is 0 Å². The van der Waals surface area contributed by atoms with Crippen LogP contribution in [-0.2, 0) is 11.3 Å². The van der Waals surface area contributed by atoms with Gasteiger partial charge in [-0.25, -0.2) is 0 Å². The summed E-state index contributed by atoms with van der Waals surface area (Å²) in [6.07, 6.45) is 0. The van der Waals surface area contributed by atoms with Crippen LogP contribution >= 0.6 is 27.3 Å². The number of amides is 2. The largest absolute Gasteiger partial charge is 0.483 e. The molecule has 0 bridgehead atoms. The summed E-state index contributed by atoms with van der Waals surface area (Å²) in [7, 11) is 1.71. The molecule has 7 heteroatoms. The Morgan fingerprint density at radius 2 is 2.00 bits per heavy atom. The van der Waals surface area contributed by atoms with E-state index in [9.17, 15) is 9.59 Å². The molecule has 0 aliphatic rings. The molecule has 0 atom stereocenters. The second-order valence-electron chi connectivity index (χ2n) is 4.60. The first-order valence-corrected chi connectivity index (χ1v) is 8.08. The molecular formula is C15H15BrN2O3S. The van der Waals surface area contributed by atoms with Gasteiger partial charge in [-0.2, -0.15) is 0 Å². The van der Waals surface area contributed by atoms with Crippen molar-refractivity contribution < 1.29 is 14.3 Å². The van der Waals surface area contributed by atoms with Gasteiger partial charge in [0.15, 0.2) is 6.61 Å². The van der Waals surface area contributed by atoms with Crippen LogP contribution in [0.5, 0.6) is 5.75 Å². The molecule has 0 saturated carbocycles. The molecule has 0 saturated heterocycles. The number of nitrogens with two attached hydrogens (primary N) is 1. The van der Waals surface area contributed by atoms with E-state index in [0.29, 0.717) is 12.3 Å². The Hall–Kier alpha value is -1.86. The summed E-state index contributed by atoms with van der Waals surface area (Å²) in [6.45, 7) is 0.364. The van der Waals surface area contributed by atoms with E-state index in [4.69, 9.17) is 10.5 Å². The molecule has 2 amide bonds. The topological polar surface area (TPSA) is 72.6 Å². The molecule has 0 aliphatic heterocycles. The second-order valence-corrected chi connectivity index (χ2v) is 7.15. The standard InChI is InChI=1S/C15H15BrN2O3S/c1-18(8-10-6-7-13(16)22-10)14(19)9-21-12-5-3-2-4-11(12)15(17)20/h2-7H,8-9H2,1H3,(H2,17,20). The third-order valence-electron chi connectivity index (χ3n) is 2.95. The number of carbonyl (C=O) groups is 2. The maximum absolute atomic E-state index is 12.1. The molecule has 0 fully saturated rings. The van der Waals surface area contributed by atoms with Crippen LogP contribution in [0.3, 0.4) is 0 Å². The number of nitrogens with zero attached hydrogens (tertiary/aromatic N) is 1. The SMILES string of the molecule is CN(Cc1ccc(Br)s1)C(=O)COc1ccccc1C(N)=O. The zero-order chi connectivity index (χ0) is 16.1. The Morgan fingerprint density at radius 1 is 1.27 bits per heavy atom. The third kappa shape index (κ3) is 4.32. The van der Waals surface area contributed by atoms with Crippen LogP contribution in [0.25, 0.3) is 0 Å². The van der Waals surface area contributed by atoms with E-state index in [0.717, 1.165) is 8.66 Å². The molecule has 5 nitrogen and oxygen atoms in total. The van der Waals surface area contributed by atoms with Gasteiger partial charge in [0.25, 0.3) is 11.8 Å². The van der Waals surface area contributed by atoms with Crippen molar-refractivity contribution in [2.75, 3.05) is 13.7 Å². The normalized spacial score (nSPS) is 10.3. The Bertz CT molecular complexity index is 687. The average Bonchev–Trinajstić information content (AvgIpc) is 2.90. The van der Waals surface area contributed by atoms with E-state index in [1.165, 1.54) is 0 Å². The summed E-state index contributed by atoms with van der Waals surface area (Å²) in [4.78, 5) is 26.0. The number of halogens is 1. The number of hydrogen-bond acceptors (Lipinski definition) is 4. The number of ether oxygens (including phenoxy) is 1. The highest BCUT2D eigenvalue weighted by Crippen LogP contribution is 2.23. The molecule has 116 valence electrons. The molecule has 1 aromatic carbocycles. The lowest BCUT2D eigenvalue weighted by molar-refractivity contribution is -0.132. The fraction of sp³-hybridized carbons (Fsp3) is 0.200. The Morgan fingerprint density at radius 3 is 2.64 bits per heavy atom. The lowest BCUT2D eigenvalue weighted by Gasteiger charge is -2.17. The minimum absolute atomic E-state index is 0.145. The first kappa shape index (κ1) is 16.5. The van der Waals surface area contributed by atoms with Gasteiger partial charge in [0.05, 0.1) is 15.9 Å². The van der Waals surface area contributed by atoms with Crippen LogP contribution in [-0.4, -0.2) is 30.4 Å². The van der Waals surface area contributed by atoms with Crippen LogP contribution in [0, 0.1) is 0 Å². The van der Waals surface area contributed by atoms with Crippen LogP contribution < -0.4 is 10.5 Å². The Kier molecular flexibility index (Phi) is 5.57. The molecule has 0 spiro atoms. The number of primary amides is 1. The first-order chi connectivity index (χ1) is 10.5. The van der Waals surface area contributed by atoms with Crippen molar-refractivity contribution in [2.24, 2.45) is 5.73 Å². The van der Waals surface area contributed by atoms with Gasteiger partial charge in [-0.05, 0) is 40.2 Å². The molecule has 2 N–H and O–H groups in total. The van der Waals surface area contributed by atoms with Gasteiger partial charge in [0, 0.05) is 11.9 Å². The number of hydrogen-bond donors (Lipinski definition) is 1. The van der Waals surface area contributed by atoms with Gasteiger partial charge in [-0.1, -0.05) is 12.1 Å². The fourth-order valence-corrected chi connectivity index (χ4v) is 3.34. The summed E-state index contributed by atoms with van der Waals surface area (Å²) >= 11 is 4.96. The molecule has 0 unspecified atom stereocenters. The van der Waals surface area contributed by atoms with Gasteiger partial charge >= 0.3 is 0 Å². The van der Waals surface area contributed by atoms with Crippen molar-refractivity contribution in [1.29, 1.82) is 0 Å². The fourth-order valence-electron chi connectivity index (χ4n) is 1.80. The number of thiophene rings is 1. The molecular weight excluding hydrogens is 368 g/mol. The predicted molar refractivity (Wildman–Crippen MR) is 88.9 cm³/mol. The van der Waals surface area contributed by atoms with Gasteiger partial charge < -0.3 is 15.4 Å². The van der Waals surface area contributed by atoms with Crippen molar-refractivity contribution in [3.8, 4) is 5.75 Å².